The second-order valence-corrected chi connectivity index (χ2v) is 5.09. The number of hydrogen-bond acceptors (Lipinski definition) is 1. The summed E-state index contributed by atoms with van der Waals surface area (Å²) in [5.41, 5.74) is 3.81. The van der Waals surface area contributed by atoms with Crippen molar-refractivity contribution in [1.82, 2.24) is 0 Å². The average molecular weight is 323 g/mol. The molecule has 2 aromatic rings. The van der Waals surface area contributed by atoms with Crippen molar-refractivity contribution in [2.75, 3.05) is 19.0 Å². The molecule has 0 heterocycles. The maximum Gasteiger partial charge on any atom is 0.0372 e. The Morgan fingerprint density at radius 1 is 0.938 bits per heavy atom. The Morgan fingerprint density at radius 3 is 2.19 bits per heavy atom. The molecule has 0 aliphatic rings. The largest absolute Gasteiger partial charge is 0.378 e. The van der Waals surface area contributed by atoms with Crippen molar-refractivity contribution < 1.29 is 0 Å². The molecule has 2 aromatic carbocycles. The molecule has 0 saturated heterocycles. The Bertz CT molecular complexity index is 477. The van der Waals surface area contributed by atoms with Gasteiger partial charge in [-0.1, -0.05) is 36.4 Å². The van der Waals surface area contributed by atoms with Crippen molar-refractivity contribution in [2.24, 2.45) is 0 Å². The average Bonchev–Trinajstić information content (AvgIpc) is 2.30. The van der Waals surface area contributed by atoms with Gasteiger partial charge in [-0.25, -0.2) is 0 Å². The predicted molar refractivity (Wildman–Crippen MR) is 78.9 cm³/mol. The summed E-state index contributed by atoms with van der Waals surface area (Å²) >= 11 is 2.40. The van der Waals surface area contributed by atoms with Crippen LogP contribution in [-0.4, -0.2) is 14.1 Å². The predicted octanol–water partition coefficient (Wildman–Crippen LogP) is 4.02. The zero-order chi connectivity index (χ0) is 11.5. The second-order valence-electron chi connectivity index (χ2n) is 3.92. The fourth-order valence-corrected chi connectivity index (χ4v) is 2.44. The first-order chi connectivity index (χ1) is 7.68. The summed E-state index contributed by atoms with van der Waals surface area (Å²) in [4.78, 5) is 2.12. The van der Waals surface area contributed by atoms with E-state index in [1.54, 1.807) is 0 Å². The first kappa shape index (κ1) is 11.5. The molecule has 0 spiro atoms. The molecule has 0 aromatic heterocycles. The van der Waals surface area contributed by atoms with Crippen molar-refractivity contribution in [3.8, 4) is 11.1 Å². The van der Waals surface area contributed by atoms with E-state index in [-0.39, 0.29) is 0 Å². The summed E-state index contributed by atoms with van der Waals surface area (Å²) in [6.07, 6.45) is 0. The van der Waals surface area contributed by atoms with Gasteiger partial charge in [0.15, 0.2) is 0 Å². The van der Waals surface area contributed by atoms with Crippen molar-refractivity contribution in [3.05, 3.63) is 52.1 Å². The summed E-state index contributed by atoms with van der Waals surface area (Å²) in [7, 11) is 4.13. The van der Waals surface area contributed by atoms with Crippen LogP contribution in [-0.2, 0) is 0 Å². The van der Waals surface area contributed by atoms with Crippen LogP contribution in [0.15, 0.2) is 48.5 Å². The van der Waals surface area contributed by atoms with Gasteiger partial charge in [0, 0.05) is 23.4 Å². The first-order valence-corrected chi connectivity index (χ1v) is 6.28. The molecule has 0 atom stereocenters. The molecule has 0 fully saturated rings. The molecule has 0 aliphatic carbocycles. The van der Waals surface area contributed by atoms with Crippen molar-refractivity contribution in [1.29, 1.82) is 0 Å². The van der Waals surface area contributed by atoms with Crippen LogP contribution in [0, 0.1) is 3.57 Å². The minimum Gasteiger partial charge on any atom is -0.378 e. The second kappa shape index (κ2) is 4.87. The summed E-state index contributed by atoms with van der Waals surface area (Å²) in [5.74, 6) is 0. The van der Waals surface area contributed by atoms with Gasteiger partial charge in [0.1, 0.15) is 0 Å². The highest BCUT2D eigenvalue weighted by atomic mass is 127. The van der Waals surface area contributed by atoms with E-state index in [0.717, 1.165) is 0 Å². The lowest BCUT2D eigenvalue weighted by Gasteiger charge is -2.14. The third-order valence-corrected chi connectivity index (χ3v) is 3.45. The van der Waals surface area contributed by atoms with Crippen LogP contribution in [0.4, 0.5) is 5.69 Å². The van der Waals surface area contributed by atoms with E-state index in [9.17, 15) is 0 Å². The molecule has 0 amide bonds. The van der Waals surface area contributed by atoms with Gasteiger partial charge in [-0.2, -0.15) is 0 Å². The molecular formula is C14H14IN. The third kappa shape index (κ3) is 2.38. The van der Waals surface area contributed by atoms with Gasteiger partial charge in [-0.3, -0.25) is 0 Å². The standard InChI is InChI=1S/C14H14IN/c1-16(2)12-8-9-13(14(15)10-12)11-6-4-3-5-7-11/h3-10H,1-2H3. The molecule has 0 bridgehead atoms. The van der Waals surface area contributed by atoms with Crippen LogP contribution in [0.2, 0.25) is 0 Å². The first-order valence-electron chi connectivity index (χ1n) is 5.21. The number of anilines is 1. The summed E-state index contributed by atoms with van der Waals surface area (Å²) in [6.45, 7) is 0. The van der Waals surface area contributed by atoms with Gasteiger partial charge in [0.2, 0.25) is 0 Å². The van der Waals surface area contributed by atoms with Gasteiger partial charge in [-0.05, 0) is 45.9 Å². The Kier molecular flexibility index (Phi) is 3.49. The Morgan fingerprint density at radius 2 is 1.62 bits per heavy atom. The highest BCUT2D eigenvalue weighted by Gasteiger charge is 2.04. The lowest BCUT2D eigenvalue weighted by Crippen LogP contribution is -2.08. The topological polar surface area (TPSA) is 3.24 Å². The fourth-order valence-electron chi connectivity index (χ4n) is 1.63. The van der Waals surface area contributed by atoms with Crippen LogP contribution in [0.3, 0.4) is 0 Å². The molecule has 1 nitrogen and oxygen atoms in total. The lowest BCUT2D eigenvalue weighted by molar-refractivity contribution is 1.13. The molecule has 0 radical (unpaired) electrons. The highest BCUT2D eigenvalue weighted by molar-refractivity contribution is 14.1. The fraction of sp³-hybridized carbons (Fsp3) is 0.143. The number of hydrogen-bond donors (Lipinski definition) is 0. The molecule has 82 valence electrons. The van der Waals surface area contributed by atoms with Crippen molar-refractivity contribution in [3.63, 3.8) is 0 Å². The van der Waals surface area contributed by atoms with Gasteiger partial charge in [0.05, 0.1) is 0 Å². The number of nitrogens with zero attached hydrogens (tertiary/aromatic N) is 1. The van der Waals surface area contributed by atoms with E-state index < -0.39 is 0 Å². The molecule has 0 unspecified atom stereocenters. The van der Waals surface area contributed by atoms with Gasteiger partial charge < -0.3 is 4.90 Å². The van der Waals surface area contributed by atoms with E-state index >= 15 is 0 Å². The van der Waals surface area contributed by atoms with E-state index in [1.165, 1.54) is 20.4 Å². The van der Waals surface area contributed by atoms with E-state index in [2.05, 4.69) is 84.1 Å². The zero-order valence-corrected chi connectivity index (χ0v) is 11.6. The van der Waals surface area contributed by atoms with Crippen LogP contribution in [0.1, 0.15) is 0 Å². The number of halogens is 1. The molecular weight excluding hydrogens is 309 g/mol. The van der Waals surface area contributed by atoms with Crippen molar-refractivity contribution >= 4 is 28.3 Å². The molecule has 2 heteroatoms. The maximum atomic E-state index is 2.40. The van der Waals surface area contributed by atoms with Crippen molar-refractivity contribution in [2.45, 2.75) is 0 Å². The van der Waals surface area contributed by atoms with E-state index in [0.29, 0.717) is 0 Å². The highest BCUT2D eigenvalue weighted by Crippen LogP contribution is 2.28. The minimum absolute atomic E-state index is 1.24. The number of rotatable bonds is 2. The third-order valence-electron chi connectivity index (χ3n) is 2.55. The van der Waals surface area contributed by atoms with Crippen LogP contribution >= 0.6 is 22.6 Å². The molecule has 0 saturated carbocycles. The Labute approximate surface area is 110 Å². The maximum absolute atomic E-state index is 2.40. The summed E-state index contributed by atoms with van der Waals surface area (Å²) in [6, 6.07) is 17.0. The zero-order valence-electron chi connectivity index (χ0n) is 9.44. The van der Waals surface area contributed by atoms with E-state index in [4.69, 9.17) is 0 Å². The van der Waals surface area contributed by atoms with E-state index in [1.807, 2.05) is 6.07 Å². The molecule has 2 rings (SSSR count). The van der Waals surface area contributed by atoms with Crippen LogP contribution in [0.25, 0.3) is 11.1 Å². The molecule has 0 N–H and O–H groups in total. The lowest BCUT2D eigenvalue weighted by atomic mass is 10.1. The molecule has 16 heavy (non-hydrogen) atoms. The van der Waals surface area contributed by atoms with Gasteiger partial charge >= 0.3 is 0 Å². The summed E-state index contributed by atoms with van der Waals surface area (Å²) < 4.78 is 1.29. The molecule has 0 aliphatic heterocycles. The Balaban J connectivity index is 2.45. The number of benzene rings is 2. The smallest absolute Gasteiger partial charge is 0.0372 e. The van der Waals surface area contributed by atoms with Crippen LogP contribution in [0.5, 0.6) is 0 Å². The van der Waals surface area contributed by atoms with Gasteiger partial charge in [-0.15, -0.1) is 0 Å². The Hall–Kier alpha value is -1.03. The van der Waals surface area contributed by atoms with Crippen LogP contribution < -0.4 is 4.90 Å². The normalized spacial score (nSPS) is 10.2. The monoisotopic (exact) mass is 323 g/mol. The van der Waals surface area contributed by atoms with Gasteiger partial charge in [0.25, 0.3) is 0 Å². The quantitative estimate of drug-likeness (QED) is 0.755. The minimum atomic E-state index is 1.24. The SMILES string of the molecule is CN(C)c1ccc(-c2ccccc2)c(I)c1. The summed E-state index contributed by atoms with van der Waals surface area (Å²) in [5, 5.41) is 0.